The third kappa shape index (κ3) is 4.98. The molecule has 1 atom stereocenters. The second kappa shape index (κ2) is 9.32. The second-order valence-corrected chi connectivity index (χ2v) is 8.62. The van der Waals surface area contributed by atoms with E-state index in [2.05, 4.69) is 17.2 Å². The van der Waals surface area contributed by atoms with Gasteiger partial charge in [-0.3, -0.25) is 9.59 Å². The molecule has 28 heavy (non-hydrogen) atoms. The summed E-state index contributed by atoms with van der Waals surface area (Å²) >= 11 is 1.47. The number of piperidine rings is 1. The van der Waals surface area contributed by atoms with Gasteiger partial charge in [-0.2, -0.15) is 0 Å². The van der Waals surface area contributed by atoms with E-state index < -0.39 is 0 Å². The van der Waals surface area contributed by atoms with E-state index in [4.69, 9.17) is 0 Å². The maximum Gasteiger partial charge on any atom is 0.265 e. The van der Waals surface area contributed by atoms with Crippen LogP contribution in [0.3, 0.4) is 0 Å². The first-order chi connectivity index (χ1) is 13.5. The summed E-state index contributed by atoms with van der Waals surface area (Å²) in [5.74, 6) is 0.556. The molecule has 1 aliphatic rings. The zero-order chi connectivity index (χ0) is 20.1. The molecule has 0 saturated carbocycles. The Morgan fingerprint density at radius 3 is 2.57 bits per heavy atom. The molecule has 1 saturated heterocycles. The van der Waals surface area contributed by atoms with Gasteiger partial charge in [-0.05, 0) is 39.0 Å². The van der Waals surface area contributed by atoms with Crippen LogP contribution in [0.5, 0.6) is 0 Å². The fourth-order valence-electron chi connectivity index (χ4n) is 3.48. The average molecular weight is 400 g/mol. The summed E-state index contributed by atoms with van der Waals surface area (Å²) in [6, 6.07) is 10.2. The van der Waals surface area contributed by atoms with Gasteiger partial charge in [0.2, 0.25) is 5.91 Å². The molecule has 1 aromatic heterocycles. The van der Waals surface area contributed by atoms with Crippen molar-refractivity contribution in [2.45, 2.75) is 52.5 Å². The van der Waals surface area contributed by atoms with Crippen molar-refractivity contribution in [1.29, 1.82) is 0 Å². The highest BCUT2D eigenvalue weighted by Gasteiger charge is 2.27. The van der Waals surface area contributed by atoms with Gasteiger partial charge in [0.05, 0.1) is 5.69 Å². The first-order valence-electron chi connectivity index (χ1n) is 10.1. The van der Waals surface area contributed by atoms with Crippen LogP contribution in [0.2, 0.25) is 0 Å². The van der Waals surface area contributed by atoms with Gasteiger partial charge in [0.15, 0.2) is 0 Å². The largest absolute Gasteiger partial charge is 0.354 e. The van der Waals surface area contributed by atoms with Crippen LogP contribution in [0, 0.1) is 12.8 Å². The summed E-state index contributed by atoms with van der Waals surface area (Å²) in [5.41, 5.74) is 1.84. The first-order valence-corrected chi connectivity index (χ1v) is 10.9. The van der Waals surface area contributed by atoms with Crippen LogP contribution in [-0.2, 0) is 4.79 Å². The van der Waals surface area contributed by atoms with Crippen molar-refractivity contribution in [3.05, 3.63) is 40.9 Å². The van der Waals surface area contributed by atoms with Crippen molar-refractivity contribution in [2.75, 3.05) is 13.1 Å². The molecule has 0 bridgehead atoms. The first kappa shape index (κ1) is 20.5. The van der Waals surface area contributed by atoms with E-state index in [1.165, 1.54) is 11.3 Å². The molecule has 0 aliphatic carbocycles. The lowest BCUT2D eigenvalue weighted by atomic mass is 9.93. The van der Waals surface area contributed by atoms with Gasteiger partial charge < -0.3 is 10.2 Å². The number of hydrogen-bond donors (Lipinski definition) is 1. The molecule has 150 valence electrons. The van der Waals surface area contributed by atoms with Gasteiger partial charge in [0.25, 0.3) is 5.91 Å². The number of hydrogen-bond acceptors (Lipinski definition) is 4. The molecule has 5 nitrogen and oxygen atoms in total. The van der Waals surface area contributed by atoms with Crippen LogP contribution in [0.1, 0.15) is 54.9 Å². The molecule has 1 aliphatic heterocycles. The number of benzene rings is 1. The Labute approximate surface area is 171 Å². The smallest absolute Gasteiger partial charge is 0.265 e. The van der Waals surface area contributed by atoms with Crippen LogP contribution in [-0.4, -0.2) is 40.8 Å². The highest BCUT2D eigenvalue weighted by Crippen LogP contribution is 2.30. The van der Waals surface area contributed by atoms with E-state index in [-0.39, 0.29) is 17.9 Å². The molecule has 1 fully saturated rings. The lowest BCUT2D eigenvalue weighted by Gasteiger charge is -2.31. The molecular weight excluding hydrogens is 370 g/mol. The fourth-order valence-corrected chi connectivity index (χ4v) is 4.52. The zero-order valence-corrected chi connectivity index (χ0v) is 17.7. The number of amides is 2. The molecule has 1 aromatic carbocycles. The topological polar surface area (TPSA) is 62.3 Å². The summed E-state index contributed by atoms with van der Waals surface area (Å²) < 4.78 is 0. The third-order valence-corrected chi connectivity index (χ3v) is 6.60. The number of aromatic nitrogens is 1. The number of carbonyl (C=O) groups is 2. The highest BCUT2D eigenvalue weighted by molar-refractivity contribution is 7.17. The number of aryl methyl sites for hydroxylation is 1. The van der Waals surface area contributed by atoms with E-state index in [9.17, 15) is 9.59 Å². The van der Waals surface area contributed by atoms with E-state index in [0.717, 1.165) is 40.4 Å². The van der Waals surface area contributed by atoms with Crippen molar-refractivity contribution >= 4 is 23.2 Å². The number of likely N-dealkylation sites (tertiary alicyclic amines) is 1. The second-order valence-electron chi connectivity index (χ2n) is 7.62. The molecule has 1 N–H and O–H groups in total. The minimum absolute atomic E-state index is 0.0692. The monoisotopic (exact) mass is 399 g/mol. The molecule has 0 spiro atoms. The van der Waals surface area contributed by atoms with Crippen molar-refractivity contribution in [3.8, 4) is 10.6 Å². The Bertz CT molecular complexity index is 810. The number of carbonyl (C=O) groups excluding carboxylic acids is 2. The SMILES string of the molecule is CC[C@H](C)NC(=O)CC1CCN(C(=O)c2sc(-c3ccccc3)nc2C)CC1. The van der Waals surface area contributed by atoms with Gasteiger partial charge >= 0.3 is 0 Å². The Balaban J connectivity index is 1.57. The van der Waals surface area contributed by atoms with Crippen LogP contribution < -0.4 is 5.32 Å². The number of rotatable bonds is 6. The Morgan fingerprint density at radius 2 is 1.93 bits per heavy atom. The molecule has 0 radical (unpaired) electrons. The van der Waals surface area contributed by atoms with Crippen molar-refractivity contribution in [3.63, 3.8) is 0 Å². The fraction of sp³-hybridized carbons (Fsp3) is 0.500. The van der Waals surface area contributed by atoms with E-state index in [1.54, 1.807) is 0 Å². The lowest BCUT2D eigenvalue weighted by molar-refractivity contribution is -0.122. The minimum Gasteiger partial charge on any atom is -0.354 e. The quantitative estimate of drug-likeness (QED) is 0.789. The van der Waals surface area contributed by atoms with Gasteiger partial charge in [0.1, 0.15) is 9.88 Å². The predicted octanol–water partition coefficient (Wildman–Crippen LogP) is 4.28. The normalized spacial score (nSPS) is 16.0. The Hall–Kier alpha value is -2.21. The standard InChI is InChI=1S/C22H29N3O2S/c1-4-15(2)23-19(26)14-17-10-12-25(13-11-17)22(27)20-16(3)24-21(28-20)18-8-6-5-7-9-18/h5-9,15,17H,4,10-14H2,1-3H3,(H,23,26)/t15-/m0/s1. The van der Waals surface area contributed by atoms with Crippen molar-refractivity contribution in [1.82, 2.24) is 15.2 Å². The summed E-state index contributed by atoms with van der Waals surface area (Å²) in [7, 11) is 0. The van der Waals surface area contributed by atoms with E-state index >= 15 is 0 Å². The van der Waals surface area contributed by atoms with Gasteiger partial charge in [-0.25, -0.2) is 4.98 Å². The van der Waals surface area contributed by atoms with Crippen LogP contribution in [0.25, 0.3) is 10.6 Å². The highest BCUT2D eigenvalue weighted by atomic mass is 32.1. The summed E-state index contributed by atoms with van der Waals surface area (Å²) in [6.07, 6.45) is 3.26. The minimum atomic E-state index is 0.0692. The summed E-state index contributed by atoms with van der Waals surface area (Å²) in [5, 5.41) is 3.92. The van der Waals surface area contributed by atoms with Crippen LogP contribution >= 0.6 is 11.3 Å². The van der Waals surface area contributed by atoms with Crippen molar-refractivity contribution < 1.29 is 9.59 Å². The predicted molar refractivity (Wildman–Crippen MR) is 113 cm³/mol. The number of thiazole rings is 1. The summed E-state index contributed by atoms with van der Waals surface area (Å²) in [6.45, 7) is 7.42. The van der Waals surface area contributed by atoms with Gasteiger partial charge in [-0.15, -0.1) is 11.3 Å². The lowest BCUT2D eigenvalue weighted by Crippen LogP contribution is -2.40. The molecule has 2 amide bonds. The van der Waals surface area contributed by atoms with Crippen molar-refractivity contribution in [2.24, 2.45) is 5.92 Å². The third-order valence-electron chi connectivity index (χ3n) is 5.41. The molecular formula is C22H29N3O2S. The van der Waals surface area contributed by atoms with E-state index in [1.807, 2.05) is 49.1 Å². The average Bonchev–Trinajstić information content (AvgIpc) is 3.10. The zero-order valence-electron chi connectivity index (χ0n) is 16.9. The molecule has 2 aromatic rings. The Morgan fingerprint density at radius 1 is 1.25 bits per heavy atom. The Kier molecular flexibility index (Phi) is 6.83. The van der Waals surface area contributed by atoms with Gasteiger partial charge in [-0.1, -0.05) is 37.3 Å². The summed E-state index contributed by atoms with van der Waals surface area (Å²) in [4.78, 5) is 32.3. The van der Waals surface area contributed by atoms with Gasteiger partial charge in [0, 0.05) is 31.1 Å². The molecule has 3 rings (SSSR count). The molecule has 6 heteroatoms. The van der Waals surface area contributed by atoms with Crippen LogP contribution in [0.4, 0.5) is 0 Å². The molecule has 0 unspecified atom stereocenters. The maximum atomic E-state index is 13.0. The maximum absolute atomic E-state index is 13.0. The number of nitrogens with zero attached hydrogens (tertiary/aromatic N) is 2. The van der Waals surface area contributed by atoms with E-state index in [0.29, 0.717) is 25.4 Å². The number of nitrogens with one attached hydrogen (secondary N) is 1. The molecule has 2 heterocycles. The van der Waals surface area contributed by atoms with Crippen LogP contribution in [0.15, 0.2) is 30.3 Å².